The molecular formula is C9H7Cl2NO2. The van der Waals surface area contributed by atoms with E-state index in [1.165, 1.54) is 18.2 Å². The summed E-state index contributed by atoms with van der Waals surface area (Å²) in [6, 6.07) is 4.39. The molecule has 0 aliphatic heterocycles. The molecule has 0 saturated carbocycles. The van der Waals surface area contributed by atoms with Crippen molar-refractivity contribution in [2.75, 3.05) is 5.88 Å². The minimum absolute atomic E-state index is 0.0239. The Hall–Kier alpha value is -1.06. The zero-order chi connectivity index (χ0) is 10.6. The number of alkyl halides is 1. The first-order valence-electron chi connectivity index (χ1n) is 3.81. The van der Waals surface area contributed by atoms with Gasteiger partial charge in [-0.15, -0.1) is 11.6 Å². The molecule has 74 valence electrons. The lowest BCUT2D eigenvalue weighted by Gasteiger charge is -1.97. The van der Waals surface area contributed by atoms with Crippen LogP contribution in [0.2, 0.25) is 5.02 Å². The first-order chi connectivity index (χ1) is 6.65. The molecule has 0 aliphatic carbocycles. The van der Waals surface area contributed by atoms with Crippen LogP contribution in [0, 0.1) is 10.1 Å². The molecule has 0 unspecified atom stereocenters. The van der Waals surface area contributed by atoms with Gasteiger partial charge in [0.05, 0.1) is 10.5 Å². The van der Waals surface area contributed by atoms with Crippen molar-refractivity contribution < 1.29 is 4.92 Å². The number of nitro groups is 1. The van der Waals surface area contributed by atoms with Gasteiger partial charge < -0.3 is 0 Å². The van der Waals surface area contributed by atoms with Crippen LogP contribution in [-0.2, 0) is 0 Å². The summed E-state index contributed by atoms with van der Waals surface area (Å²) in [7, 11) is 0. The van der Waals surface area contributed by atoms with E-state index in [-0.39, 0.29) is 5.69 Å². The number of nitro benzene ring substituents is 1. The molecule has 3 nitrogen and oxygen atoms in total. The summed E-state index contributed by atoms with van der Waals surface area (Å²) < 4.78 is 0. The van der Waals surface area contributed by atoms with E-state index in [9.17, 15) is 10.1 Å². The van der Waals surface area contributed by atoms with Crippen molar-refractivity contribution in [2.45, 2.75) is 0 Å². The van der Waals surface area contributed by atoms with Crippen molar-refractivity contribution >= 4 is 35.0 Å². The molecule has 1 aromatic carbocycles. The van der Waals surface area contributed by atoms with E-state index in [0.29, 0.717) is 16.5 Å². The molecule has 0 heterocycles. The van der Waals surface area contributed by atoms with Crippen LogP contribution in [0.4, 0.5) is 5.69 Å². The molecule has 0 fully saturated rings. The fourth-order valence-corrected chi connectivity index (χ4v) is 1.27. The van der Waals surface area contributed by atoms with E-state index in [4.69, 9.17) is 23.2 Å². The number of hydrogen-bond acceptors (Lipinski definition) is 2. The molecule has 0 bridgehead atoms. The average molecular weight is 232 g/mol. The highest BCUT2D eigenvalue weighted by Gasteiger charge is 2.10. The van der Waals surface area contributed by atoms with Gasteiger partial charge in [0.1, 0.15) is 0 Å². The van der Waals surface area contributed by atoms with Crippen molar-refractivity contribution in [1.29, 1.82) is 0 Å². The standard InChI is InChI=1S/C9H7Cl2NO2/c10-5-1-2-7-6-8(11)3-4-9(7)12(13)14/h1-4,6H,5H2. The third-order valence-electron chi connectivity index (χ3n) is 1.57. The predicted octanol–water partition coefficient (Wildman–Crippen LogP) is 3.50. The number of rotatable bonds is 3. The highest BCUT2D eigenvalue weighted by molar-refractivity contribution is 6.30. The van der Waals surface area contributed by atoms with Gasteiger partial charge in [0.15, 0.2) is 0 Å². The third kappa shape index (κ3) is 2.72. The Morgan fingerprint density at radius 2 is 2.21 bits per heavy atom. The predicted molar refractivity (Wildman–Crippen MR) is 57.9 cm³/mol. The highest BCUT2D eigenvalue weighted by Crippen LogP contribution is 2.23. The van der Waals surface area contributed by atoms with Crippen LogP contribution in [0.5, 0.6) is 0 Å². The molecule has 5 heteroatoms. The zero-order valence-corrected chi connectivity index (χ0v) is 8.63. The van der Waals surface area contributed by atoms with Gasteiger partial charge in [-0.05, 0) is 12.1 Å². The van der Waals surface area contributed by atoms with E-state index in [0.717, 1.165) is 0 Å². The van der Waals surface area contributed by atoms with Crippen molar-refractivity contribution in [3.8, 4) is 0 Å². The molecule has 0 aromatic heterocycles. The van der Waals surface area contributed by atoms with E-state index in [1.54, 1.807) is 12.2 Å². The van der Waals surface area contributed by atoms with Gasteiger partial charge in [-0.1, -0.05) is 23.8 Å². The quantitative estimate of drug-likeness (QED) is 0.454. The Morgan fingerprint density at radius 3 is 2.79 bits per heavy atom. The second-order valence-electron chi connectivity index (χ2n) is 2.52. The summed E-state index contributed by atoms with van der Waals surface area (Å²) in [6.07, 6.45) is 3.21. The minimum Gasteiger partial charge on any atom is -0.258 e. The van der Waals surface area contributed by atoms with Crippen LogP contribution >= 0.6 is 23.2 Å². The lowest BCUT2D eigenvalue weighted by atomic mass is 10.1. The Labute approximate surface area is 91.1 Å². The van der Waals surface area contributed by atoms with Gasteiger partial charge in [0, 0.05) is 17.0 Å². The maximum Gasteiger partial charge on any atom is 0.276 e. The molecule has 0 saturated heterocycles. The fraction of sp³-hybridized carbons (Fsp3) is 0.111. The lowest BCUT2D eigenvalue weighted by molar-refractivity contribution is -0.385. The zero-order valence-electron chi connectivity index (χ0n) is 7.11. The van der Waals surface area contributed by atoms with E-state index in [2.05, 4.69) is 0 Å². The van der Waals surface area contributed by atoms with Crippen LogP contribution < -0.4 is 0 Å². The molecule has 14 heavy (non-hydrogen) atoms. The molecule has 0 N–H and O–H groups in total. The number of benzene rings is 1. The summed E-state index contributed by atoms with van der Waals surface area (Å²) >= 11 is 11.1. The van der Waals surface area contributed by atoms with E-state index < -0.39 is 4.92 Å². The summed E-state index contributed by atoms with van der Waals surface area (Å²) in [4.78, 5) is 10.1. The molecule has 1 aromatic rings. The second kappa shape index (κ2) is 4.98. The van der Waals surface area contributed by atoms with E-state index in [1.807, 2.05) is 0 Å². The molecule has 0 radical (unpaired) electrons. The van der Waals surface area contributed by atoms with Crippen molar-refractivity contribution in [1.82, 2.24) is 0 Å². The fourth-order valence-electron chi connectivity index (χ4n) is 0.997. The van der Waals surface area contributed by atoms with Gasteiger partial charge >= 0.3 is 0 Å². The summed E-state index contributed by atoms with van der Waals surface area (Å²) in [5.41, 5.74) is 0.485. The van der Waals surface area contributed by atoms with Crippen molar-refractivity contribution in [3.63, 3.8) is 0 Å². The molecule has 0 spiro atoms. The number of nitrogens with zero attached hydrogens (tertiary/aromatic N) is 1. The van der Waals surface area contributed by atoms with Crippen LogP contribution in [0.1, 0.15) is 5.56 Å². The summed E-state index contributed by atoms with van der Waals surface area (Å²) in [6.45, 7) is 0. The number of halogens is 2. The third-order valence-corrected chi connectivity index (χ3v) is 1.99. The normalized spacial score (nSPS) is 10.7. The second-order valence-corrected chi connectivity index (χ2v) is 3.26. The van der Waals surface area contributed by atoms with Gasteiger partial charge in [-0.25, -0.2) is 0 Å². The van der Waals surface area contributed by atoms with Gasteiger partial charge in [0.2, 0.25) is 0 Å². The first kappa shape index (κ1) is 11.0. The van der Waals surface area contributed by atoms with Gasteiger partial charge in [-0.2, -0.15) is 0 Å². The minimum atomic E-state index is -0.454. The lowest BCUT2D eigenvalue weighted by Crippen LogP contribution is -1.90. The molecule has 0 amide bonds. The van der Waals surface area contributed by atoms with E-state index >= 15 is 0 Å². The van der Waals surface area contributed by atoms with Crippen LogP contribution in [0.15, 0.2) is 24.3 Å². The van der Waals surface area contributed by atoms with Crippen LogP contribution in [0.25, 0.3) is 6.08 Å². The van der Waals surface area contributed by atoms with Crippen LogP contribution in [0.3, 0.4) is 0 Å². The highest BCUT2D eigenvalue weighted by atomic mass is 35.5. The topological polar surface area (TPSA) is 43.1 Å². The monoisotopic (exact) mass is 231 g/mol. The van der Waals surface area contributed by atoms with Gasteiger partial charge in [-0.3, -0.25) is 10.1 Å². The Kier molecular flexibility index (Phi) is 3.92. The maximum atomic E-state index is 10.6. The Balaban J connectivity index is 3.15. The summed E-state index contributed by atoms with van der Waals surface area (Å²) in [5.74, 6) is 0.309. The van der Waals surface area contributed by atoms with Crippen molar-refractivity contribution in [2.24, 2.45) is 0 Å². The molecule has 0 atom stereocenters. The maximum absolute atomic E-state index is 10.6. The SMILES string of the molecule is O=[N+]([O-])c1ccc(Cl)cc1C=CCCl. The Bertz CT molecular complexity index is 377. The van der Waals surface area contributed by atoms with Crippen LogP contribution in [-0.4, -0.2) is 10.8 Å². The molecule has 0 aliphatic rings. The first-order valence-corrected chi connectivity index (χ1v) is 4.73. The smallest absolute Gasteiger partial charge is 0.258 e. The average Bonchev–Trinajstić information content (AvgIpc) is 2.14. The summed E-state index contributed by atoms with van der Waals surface area (Å²) in [5, 5.41) is 11.1. The largest absolute Gasteiger partial charge is 0.276 e. The number of allylic oxidation sites excluding steroid dienone is 1. The van der Waals surface area contributed by atoms with Gasteiger partial charge in [0.25, 0.3) is 5.69 Å². The van der Waals surface area contributed by atoms with Crippen molar-refractivity contribution in [3.05, 3.63) is 45.0 Å². The molecular weight excluding hydrogens is 225 g/mol. The molecule has 1 rings (SSSR count). The Morgan fingerprint density at radius 1 is 1.50 bits per heavy atom. The number of hydrogen-bond donors (Lipinski definition) is 0.